The Hall–Kier alpha value is -2.34. The van der Waals surface area contributed by atoms with E-state index in [1.54, 1.807) is 48.5 Å². The van der Waals surface area contributed by atoms with Crippen molar-refractivity contribution in [3.63, 3.8) is 0 Å². The van der Waals surface area contributed by atoms with Crippen LogP contribution in [0, 0.1) is 0 Å². The van der Waals surface area contributed by atoms with Gasteiger partial charge in [-0.2, -0.15) is 0 Å². The van der Waals surface area contributed by atoms with Gasteiger partial charge in [0.05, 0.1) is 6.61 Å². The molecule has 326 valence electrons. The van der Waals surface area contributed by atoms with Gasteiger partial charge in [-0.15, -0.1) is 0 Å². The first-order valence-corrected chi connectivity index (χ1v) is 25.0. The molecule has 0 spiro atoms. The van der Waals surface area contributed by atoms with Gasteiger partial charge in [-0.3, -0.25) is 9.32 Å². The Balaban J connectivity index is 1.72. The number of phosphoric acid groups is 1. The Kier molecular flexibility index (Phi) is 32.7. The molecule has 0 aliphatic rings. The van der Waals surface area contributed by atoms with E-state index in [9.17, 15) is 9.36 Å². The van der Waals surface area contributed by atoms with Crippen molar-refractivity contribution in [1.29, 1.82) is 0 Å². The van der Waals surface area contributed by atoms with Crippen molar-refractivity contribution in [1.82, 2.24) is 0 Å². The SMILES string of the molecule is CCCCCCCCCCCCCCCCCCOC[C@@H](COP(=O)(Oc1ccccc1)Oc1ccccc1)OC(=O)CCCCCCCCCCCCCCC. The molecular weight excluding hydrogens is 732 g/mol. The highest BCUT2D eigenvalue weighted by molar-refractivity contribution is 7.49. The molecule has 0 saturated heterocycles. The van der Waals surface area contributed by atoms with Crippen molar-refractivity contribution in [2.75, 3.05) is 19.8 Å². The van der Waals surface area contributed by atoms with E-state index in [1.165, 1.54) is 154 Å². The van der Waals surface area contributed by atoms with Crippen molar-refractivity contribution in [2.24, 2.45) is 0 Å². The van der Waals surface area contributed by atoms with Gasteiger partial charge >= 0.3 is 13.8 Å². The lowest BCUT2D eigenvalue weighted by atomic mass is 10.0. The van der Waals surface area contributed by atoms with Crippen LogP contribution in [0.3, 0.4) is 0 Å². The number of esters is 1. The lowest BCUT2D eigenvalue weighted by Gasteiger charge is -2.23. The van der Waals surface area contributed by atoms with Crippen LogP contribution >= 0.6 is 7.82 Å². The Morgan fingerprint density at radius 2 is 0.825 bits per heavy atom. The van der Waals surface area contributed by atoms with E-state index in [2.05, 4.69) is 13.8 Å². The Morgan fingerprint density at radius 3 is 1.21 bits per heavy atom. The molecule has 7 nitrogen and oxygen atoms in total. The largest absolute Gasteiger partial charge is 0.587 e. The fourth-order valence-electron chi connectivity index (χ4n) is 7.08. The summed E-state index contributed by atoms with van der Waals surface area (Å²) >= 11 is 0. The minimum absolute atomic E-state index is 0.153. The summed E-state index contributed by atoms with van der Waals surface area (Å²) in [5, 5.41) is 0. The van der Waals surface area contributed by atoms with Crippen LogP contribution in [0.4, 0.5) is 0 Å². The van der Waals surface area contributed by atoms with Crippen LogP contribution in [0.15, 0.2) is 60.7 Å². The summed E-state index contributed by atoms with van der Waals surface area (Å²) in [6.07, 6.45) is 36.9. The topological polar surface area (TPSA) is 80.3 Å². The number of hydrogen-bond acceptors (Lipinski definition) is 7. The molecule has 0 radical (unpaired) electrons. The number of rotatable bonds is 41. The summed E-state index contributed by atoms with van der Waals surface area (Å²) in [6.45, 7) is 5.09. The van der Waals surface area contributed by atoms with E-state index >= 15 is 0 Å². The average Bonchev–Trinajstić information content (AvgIpc) is 3.21. The summed E-state index contributed by atoms with van der Waals surface area (Å²) in [4.78, 5) is 13.0. The molecule has 0 aromatic heterocycles. The van der Waals surface area contributed by atoms with Gasteiger partial charge in [-0.05, 0) is 37.1 Å². The van der Waals surface area contributed by atoms with Crippen LogP contribution in [-0.2, 0) is 23.4 Å². The smallest absolute Gasteiger partial charge is 0.457 e. The van der Waals surface area contributed by atoms with E-state index in [4.69, 9.17) is 23.0 Å². The molecule has 0 saturated carbocycles. The van der Waals surface area contributed by atoms with Gasteiger partial charge in [-0.25, -0.2) is 4.57 Å². The second-order valence-electron chi connectivity index (χ2n) is 16.0. The number of unbranched alkanes of at least 4 members (excludes halogenated alkanes) is 27. The zero-order chi connectivity index (χ0) is 40.8. The maximum Gasteiger partial charge on any atom is 0.587 e. The molecule has 0 N–H and O–H groups in total. The predicted molar refractivity (Wildman–Crippen MR) is 238 cm³/mol. The van der Waals surface area contributed by atoms with Gasteiger partial charge in [0.15, 0.2) is 0 Å². The second kappa shape index (κ2) is 36.7. The minimum Gasteiger partial charge on any atom is -0.457 e. The number of carbonyl (C=O) groups is 1. The van der Waals surface area contributed by atoms with Crippen LogP contribution in [-0.4, -0.2) is 31.9 Å². The number of hydrogen-bond donors (Lipinski definition) is 0. The molecule has 0 unspecified atom stereocenters. The van der Waals surface area contributed by atoms with Crippen LogP contribution < -0.4 is 9.05 Å². The van der Waals surface area contributed by atoms with Crippen LogP contribution in [0.2, 0.25) is 0 Å². The van der Waals surface area contributed by atoms with Crippen molar-refractivity contribution in [3.8, 4) is 11.5 Å². The maximum atomic E-state index is 13.9. The van der Waals surface area contributed by atoms with Gasteiger partial charge < -0.3 is 18.5 Å². The van der Waals surface area contributed by atoms with Crippen molar-refractivity contribution in [2.45, 2.75) is 213 Å². The molecule has 57 heavy (non-hydrogen) atoms. The first-order valence-electron chi connectivity index (χ1n) is 23.6. The number of phosphoric ester groups is 1. The lowest BCUT2D eigenvalue weighted by Crippen LogP contribution is -2.29. The standard InChI is InChI=1S/C49H83O7P/c1-3-5-7-9-11-13-15-17-18-19-21-23-25-27-29-37-43-52-44-48(54-49(50)42-36-28-26-24-22-20-16-14-12-10-8-6-4-2)45-53-57(51,55-46-38-32-30-33-39-46)56-47-40-34-31-35-41-47/h30-35,38-41,48H,3-29,36-37,42-45H2,1-2H3/t48-/m0/s1. The summed E-state index contributed by atoms with van der Waals surface area (Å²) in [5.41, 5.74) is 0. The quantitative estimate of drug-likeness (QED) is 0.0376. The van der Waals surface area contributed by atoms with Gasteiger partial charge in [-0.1, -0.05) is 224 Å². The molecule has 2 aromatic carbocycles. The molecule has 8 heteroatoms. The first-order chi connectivity index (χ1) is 28.0. The van der Waals surface area contributed by atoms with Crippen molar-refractivity contribution < 1.29 is 32.4 Å². The average molecular weight is 815 g/mol. The zero-order valence-corrected chi connectivity index (χ0v) is 37.4. The number of para-hydroxylation sites is 2. The zero-order valence-electron chi connectivity index (χ0n) is 36.5. The molecule has 0 aliphatic carbocycles. The molecule has 1 atom stereocenters. The predicted octanol–water partition coefficient (Wildman–Crippen LogP) is 15.9. The van der Waals surface area contributed by atoms with Crippen molar-refractivity contribution >= 4 is 13.8 Å². The highest BCUT2D eigenvalue weighted by Crippen LogP contribution is 2.49. The summed E-state index contributed by atoms with van der Waals surface area (Å²) in [5.74, 6) is 0.417. The fourth-order valence-corrected chi connectivity index (χ4v) is 8.33. The van der Waals surface area contributed by atoms with E-state index in [-0.39, 0.29) is 19.2 Å². The van der Waals surface area contributed by atoms with E-state index in [1.807, 2.05) is 12.1 Å². The number of benzene rings is 2. The lowest BCUT2D eigenvalue weighted by molar-refractivity contribution is -0.154. The number of ether oxygens (including phenoxy) is 2. The third-order valence-corrected chi connectivity index (χ3v) is 11.9. The van der Waals surface area contributed by atoms with E-state index in [0.717, 1.165) is 32.1 Å². The molecule has 0 fully saturated rings. The second-order valence-corrected chi connectivity index (χ2v) is 17.6. The molecular formula is C49H83O7P. The summed E-state index contributed by atoms with van der Waals surface area (Å²) in [7, 11) is -4.14. The summed E-state index contributed by atoms with van der Waals surface area (Å²) in [6, 6.07) is 17.6. The highest BCUT2D eigenvalue weighted by Gasteiger charge is 2.33. The molecule has 0 aliphatic heterocycles. The molecule has 0 bridgehead atoms. The monoisotopic (exact) mass is 815 g/mol. The fraction of sp³-hybridized carbons (Fsp3) is 0.735. The molecule has 0 heterocycles. The Bertz CT molecular complexity index is 1170. The minimum atomic E-state index is -4.14. The Morgan fingerprint density at radius 1 is 0.474 bits per heavy atom. The third kappa shape index (κ3) is 30.4. The van der Waals surface area contributed by atoms with Gasteiger partial charge in [0.1, 0.15) is 24.2 Å². The third-order valence-electron chi connectivity index (χ3n) is 10.6. The van der Waals surface area contributed by atoms with Gasteiger partial charge in [0.25, 0.3) is 0 Å². The maximum absolute atomic E-state index is 13.9. The normalized spacial score (nSPS) is 12.1. The van der Waals surface area contributed by atoms with Gasteiger partial charge in [0, 0.05) is 13.0 Å². The van der Waals surface area contributed by atoms with Gasteiger partial charge in [0.2, 0.25) is 0 Å². The number of carbonyl (C=O) groups excluding carboxylic acids is 1. The molecule has 2 rings (SSSR count). The first kappa shape index (κ1) is 50.8. The van der Waals surface area contributed by atoms with E-state index < -0.39 is 13.9 Å². The van der Waals surface area contributed by atoms with Crippen LogP contribution in [0.1, 0.15) is 206 Å². The molecule has 0 amide bonds. The van der Waals surface area contributed by atoms with Crippen LogP contribution in [0.25, 0.3) is 0 Å². The van der Waals surface area contributed by atoms with Crippen molar-refractivity contribution in [3.05, 3.63) is 60.7 Å². The highest BCUT2D eigenvalue weighted by atomic mass is 31.2. The van der Waals surface area contributed by atoms with E-state index in [0.29, 0.717) is 24.5 Å². The molecule has 2 aromatic rings. The summed E-state index contributed by atoms with van der Waals surface area (Å²) < 4.78 is 43.3. The van der Waals surface area contributed by atoms with Crippen LogP contribution in [0.5, 0.6) is 11.5 Å². The Labute approximate surface area is 349 Å².